The van der Waals surface area contributed by atoms with Crippen molar-refractivity contribution in [3.8, 4) is 5.75 Å². The molecule has 9 nitrogen and oxygen atoms in total. The molecule has 0 atom stereocenters. The Morgan fingerprint density at radius 1 is 1.00 bits per heavy atom. The van der Waals surface area contributed by atoms with Gasteiger partial charge < -0.3 is 15.2 Å². The fourth-order valence-corrected chi connectivity index (χ4v) is 3.26. The summed E-state index contributed by atoms with van der Waals surface area (Å²) >= 11 is 0. The predicted molar refractivity (Wildman–Crippen MR) is 122 cm³/mol. The molecular weight excluding hydrogens is 426 g/mol. The number of nitrogens with two attached hydrogens (primary N) is 1. The fraction of sp³-hybridized carbons (Fsp3) is 0.250. The largest absolute Gasteiger partial charge is 0.488 e. The molecule has 0 radical (unpaired) electrons. The molecule has 172 valence electrons. The number of ketones is 1. The Morgan fingerprint density at radius 2 is 1.67 bits per heavy atom. The van der Waals surface area contributed by atoms with Crippen molar-refractivity contribution < 1.29 is 19.1 Å². The van der Waals surface area contributed by atoms with Crippen LogP contribution in [0, 0.1) is 0 Å². The van der Waals surface area contributed by atoms with Gasteiger partial charge in [-0.1, -0.05) is 49.4 Å². The maximum atomic E-state index is 12.7. The summed E-state index contributed by atoms with van der Waals surface area (Å²) in [5, 5.41) is 0. The predicted octanol–water partition coefficient (Wildman–Crippen LogP) is 2.16. The minimum absolute atomic E-state index is 0.137. The average Bonchev–Trinajstić information content (AvgIpc) is 2.83. The minimum Gasteiger partial charge on any atom is -0.488 e. The van der Waals surface area contributed by atoms with Crippen LogP contribution in [-0.2, 0) is 24.9 Å². The number of esters is 1. The van der Waals surface area contributed by atoms with E-state index in [2.05, 4.69) is 0 Å². The third kappa shape index (κ3) is 5.20. The zero-order valence-corrected chi connectivity index (χ0v) is 18.4. The van der Waals surface area contributed by atoms with Crippen LogP contribution in [0.5, 0.6) is 5.75 Å². The number of para-hydroxylation sites is 1. The second kappa shape index (κ2) is 10.4. The molecule has 0 spiro atoms. The quantitative estimate of drug-likeness (QED) is 0.391. The van der Waals surface area contributed by atoms with Crippen LogP contribution < -0.4 is 21.7 Å². The van der Waals surface area contributed by atoms with Crippen molar-refractivity contribution in [1.82, 2.24) is 9.13 Å². The highest BCUT2D eigenvalue weighted by molar-refractivity contribution is 6.02. The van der Waals surface area contributed by atoms with Gasteiger partial charge in [-0.2, -0.15) is 0 Å². The molecule has 3 rings (SSSR count). The summed E-state index contributed by atoms with van der Waals surface area (Å²) in [5.41, 5.74) is 5.17. The van der Waals surface area contributed by atoms with Gasteiger partial charge in [-0.25, -0.2) is 9.59 Å². The average molecular weight is 451 g/mol. The van der Waals surface area contributed by atoms with Crippen LogP contribution in [0.4, 0.5) is 5.82 Å². The number of nitrogens with zero attached hydrogens (tertiary/aromatic N) is 2. The molecule has 9 heteroatoms. The summed E-state index contributed by atoms with van der Waals surface area (Å²) in [5.74, 6) is -1.53. The third-order valence-electron chi connectivity index (χ3n) is 4.99. The van der Waals surface area contributed by atoms with Crippen LogP contribution in [0.15, 0.2) is 64.2 Å². The van der Waals surface area contributed by atoms with E-state index in [1.807, 2.05) is 37.3 Å². The molecule has 0 saturated heterocycles. The maximum Gasteiger partial charge on any atom is 0.342 e. The second-order valence-electron chi connectivity index (χ2n) is 7.33. The van der Waals surface area contributed by atoms with Gasteiger partial charge in [0.2, 0.25) is 5.78 Å². The zero-order valence-electron chi connectivity index (χ0n) is 18.4. The van der Waals surface area contributed by atoms with Crippen LogP contribution in [0.3, 0.4) is 0 Å². The van der Waals surface area contributed by atoms with E-state index >= 15 is 0 Å². The van der Waals surface area contributed by atoms with Crippen molar-refractivity contribution in [2.75, 3.05) is 12.3 Å². The molecule has 0 aliphatic carbocycles. The van der Waals surface area contributed by atoms with Crippen molar-refractivity contribution in [1.29, 1.82) is 0 Å². The Labute approximate surface area is 190 Å². The zero-order chi connectivity index (χ0) is 24.0. The van der Waals surface area contributed by atoms with Gasteiger partial charge in [-0.3, -0.25) is 18.7 Å². The molecular formula is C24H25N3O6. The summed E-state index contributed by atoms with van der Waals surface area (Å²) in [7, 11) is 1.26. The Hall–Kier alpha value is -4.14. The first-order valence-electron chi connectivity index (χ1n) is 10.4. The number of benzene rings is 2. The molecule has 2 aromatic carbocycles. The molecule has 0 bridgehead atoms. The van der Waals surface area contributed by atoms with Gasteiger partial charge in [-0.15, -0.1) is 0 Å². The van der Waals surface area contributed by atoms with E-state index in [9.17, 15) is 19.2 Å². The van der Waals surface area contributed by atoms with E-state index in [1.54, 1.807) is 18.2 Å². The maximum absolute atomic E-state index is 12.7. The van der Waals surface area contributed by atoms with Gasteiger partial charge in [0.15, 0.2) is 6.61 Å². The van der Waals surface area contributed by atoms with Crippen molar-refractivity contribution in [2.45, 2.75) is 26.5 Å². The number of hydrogen-bond donors (Lipinski definition) is 1. The molecule has 0 fully saturated rings. The first-order valence-corrected chi connectivity index (χ1v) is 10.4. The number of Topliss-reactive ketones (excluding diaryl/α,β-unsaturated/α-hetero) is 1. The van der Waals surface area contributed by atoms with Gasteiger partial charge in [0.1, 0.15) is 29.3 Å². The van der Waals surface area contributed by atoms with Gasteiger partial charge in [0.25, 0.3) is 5.56 Å². The van der Waals surface area contributed by atoms with Crippen LogP contribution in [0.1, 0.15) is 39.6 Å². The lowest BCUT2D eigenvalue weighted by Crippen LogP contribution is -2.43. The number of ether oxygens (including phenoxy) is 2. The van der Waals surface area contributed by atoms with Crippen molar-refractivity contribution in [3.63, 3.8) is 0 Å². The van der Waals surface area contributed by atoms with Crippen LogP contribution >= 0.6 is 0 Å². The normalized spacial score (nSPS) is 10.6. The van der Waals surface area contributed by atoms with E-state index < -0.39 is 29.6 Å². The van der Waals surface area contributed by atoms with E-state index in [0.717, 1.165) is 14.7 Å². The number of aromatic nitrogens is 2. The standard InChI is InChI=1S/C24H25N3O6/c1-3-13-27-21(25)20(22(29)26(2)24(27)31)18(28)15-33-23(30)17-11-7-8-12-19(17)32-14-16-9-5-4-6-10-16/h4-12H,3,13-15,25H2,1-2H3. The lowest BCUT2D eigenvalue weighted by Gasteiger charge is -2.14. The number of rotatable bonds is 9. The van der Waals surface area contributed by atoms with Crippen LogP contribution in [0.25, 0.3) is 0 Å². The van der Waals surface area contributed by atoms with Crippen molar-refractivity contribution in [2.24, 2.45) is 7.05 Å². The molecule has 1 aromatic heterocycles. The number of anilines is 1. The first-order chi connectivity index (χ1) is 15.8. The van der Waals surface area contributed by atoms with Crippen LogP contribution in [0.2, 0.25) is 0 Å². The lowest BCUT2D eigenvalue weighted by molar-refractivity contribution is 0.0469. The van der Waals surface area contributed by atoms with Crippen molar-refractivity contribution in [3.05, 3.63) is 92.1 Å². The second-order valence-corrected chi connectivity index (χ2v) is 7.33. The number of carbonyl (C=O) groups is 2. The third-order valence-corrected chi connectivity index (χ3v) is 4.99. The highest BCUT2D eigenvalue weighted by Crippen LogP contribution is 2.20. The van der Waals surface area contributed by atoms with E-state index in [-0.39, 0.29) is 30.1 Å². The monoisotopic (exact) mass is 451 g/mol. The fourth-order valence-electron chi connectivity index (χ4n) is 3.26. The van der Waals surface area contributed by atoms with Gasteiger partial charge in [0.05, 0.1) is 0 Å². The number of hydrogen-bond acceptors (Lipinski definition) is 7. The number of nitrogen functional groups attached to an aromatic ring is 1. The molecule has 0 unspecified atom stereocenters. The summed E-state index contributed by atoms with van der Waals surface area (Å²) < 4.78 is 12.9. The number of carbonyl (C=O) groups excluding carboxylic acids is 2. The molecule has 0 saturated carbocycles. The summed E-state index contributed by atoms with van der Waals surface area (Å²) in [6, 6.07) is 15.9. The molecule has 0 aliphatic rings. The highest BCUT2D eigenvalue weighted by atomic mass is 16.5. The first kappa shape index (κ1) is 23.5. The van der Waals surface area contributed by atoms with Gasteiger partial charge in [0, 0.05) is 13.6 Å². The van der Waals surface area contributed by atoms with E-state index in [1.165, 1.54) is 13.1 Å². The molecule has 2 N–H and O–H groups in total. The van der Waals surface area contributed by atoms with E-state index in [4.69, 9.17) is 15.2 Å². The molecule has 33 heavy (non-hydrogen) atoms. The smallest absolute Gasteiger partial charge is 0.342 e. The Balaban J connectivity index is 1.76. The molecule has 1 heterocycles. The highest BCUT2D eigenvalue weighted by Gasteiger charge is 2.23. The lowest BCUT2D eigenvalue weighted by atomic mass is 10.2. The van der Waals surface area contributed by atoms with Crippen LogP contribution in [-0.4, -0.2) is 27.5 Å². The van der Waals surface area contributed by atoms with Gasteiger partial charge in [-0.05, 0) is 24.1 Å². The minimum atomic E-state index is -0.836. The Morgan fingerprint density at radius 3 is 2.36 bits per heavy atom. The topological polar surface area (TPSA) is 123 Å². The summed E-state index contributed by atoms with van der Waals surface area (Å²) in [6.45, 7) is 1.60. The SMILES string of the molecule is CCCn1c(N)c(C(=O)COC(=O)c2ccccc2OCc2ccccc2)c(=O)n(C)c1=O. The van der Waals surface area contributed by atoms with Crippen molar-refractivity contribution >= 4 is 17.6 Å². The van der Waals surface area contributed by atoms with E-state index in [0.29, 0.717) is 12.2 Å². The van der Waals surface area contributed by atoms with Gasteiger partial charge >= 0.3 is 11.7 Å². The molecule has 0 aliphatic heterocycles. The summed E-state index contributed by atoms with van der Waals surface area (Å²) in [4.78, 5) is 50.1. The molecule has 0 amide bonds. The Bertz CT molecular complexity index is 1280. The summed E-state index contributed by atoms with van der Waals surface area (Å²) in [6.07, 6.45) is 0.574. The Kier molecular flexibility index (Phi) is 7.45. The molecule has 3 aromatic rings.